The highest BCUT2D eigenvalue weighted by atomic mass is 32.1. The van der Waals surface area contributed by atoms with Crippen LogP contribution in [0.1, 0.15) is 25.2 Å². The third-order valence-corrected chi connectivity index (χ3v) is 2.85. The van der Waals surface area contributed by atoms with Crippen molar-refractivity contribution in [2.24, 2.45) is 0 Å². The van der Waals surface area contributed by atoms with Gasteiger partial charge in [-0.25, -0.2) is 15.0 Å². The van der Waals surface area contributed by atoms with Gasteiger partial charge in [-0.3, -0.25) is 0 Å². The van der Waals surface area contributed by atoms with Gasteiger partial charge in [-0.1, -0.05) is 13.8 Å². The lowest BCUT2D eigenvalue weighted by Gasteiger charge is -2.08. The fraction of sp³-hybridized carbons (Fsp3) is 0.417. The van der Waals surface area contributed by atoms with Gasteiger partial charge >= 0.3 is 0 Å². The summed E-state index contributed by atoms with van der Waals surface area (Å²) in [6, 6.07) is 2.46. The predicted molar refractivity (Wildman–Crippen MR) is 69.9 cm³/mol. The van der Waals surface area contributed by atoms with E-state index in [-0.39, 0.29) is 0 Å². The Kier molecular flexibility index (Phi) is 3.81. The minimum atomic E-state index is 0.452. The first-order valence-electron chi connectivity index (χ1n) is 5.61. The molecule has 0 radical (unpaired) electrons. The van der Waals surface area contributed by atoms with Crippen molar-refractivity contribution in [2.45, 2.75) is 33.4 Å². The maximum atomic E-state index is 4.52. The Morgan fingerprint density at radius 2 is 2.18 bits per heavy atom. The Hall–Kier alpha value is -1.33. The lowest BCUT2D eigenvalue weighted by molar-refractivity contribution is 0.580. The average Bonchev–Trinajstić information content (AvgIpc) is 2.79. The molecule has 0 aromatic carbocycles. The van der Waals surface area contributed by atoms with Crippen LogP contribution in [-0.2, 0) is 6.54 Å². The zero-order valence-corrected chi connectivity index (χ0v) is 11.1. The van der Waals surface area contributed by atoms with E-state index in [1.54, 1.807) is 16.8 Å². The molecule has 2 aromatic rings. The summed E-state index contributed by atoms with van der Waals surface area (Å²) in [6.45, 7) is 6.99. The van der Waals surface area contributed by atoms with Gasteiger partial charge in [0.1, 0.15) is 5.69 Å². The van der Waals surface area contributed by atoms with E-state index in [1.165, 1.54) is 0 Å². The molecule has 0 unspecified atom stereocenters. The number of aromatic nitrogens is 3. The second kappa shape index (κ2) is 5.33. The molecule has 0 atom stereocenters. The van der Waals surface area contributed by atoms with Gasteiger partial charge in [0.15, 0.2) is 5.82 Å². The van der Waals surface area contributed by atoms with E-state index in [4.69, 9.17) is 0 Å². The summed E-state index contributed by atoms with van der Waals surface area (Å²) in [4.78, 5) is 13.2. The first-order chi connectivity index (χ1) is 8.15. The number of nitrogens with one attached hydrogen (secondary N) is 1. The molecule has 17 heavy (non-hydrogen) atoms. The van der Waals surface area contributed by atoms with Gasteiger partial charge in [0.25, 0.3) is 0 Å². The highest BCUT2D eigenvalue weighted by Gasteiger charge is 2.06. The third-order valence-electron chi connectivity index (χ3n) is 2.26. The topological polar surface area (TPSA) is 50.7 Å². The molecule has 5 heteroatoms. The highest BCUT2D eigenvalue weighted by Crippen LogP contribution is 2.15. The summed E-state index contributed by atoms with van der Waals surface area (Å²) in [5.41, 5.74) is 4.63. The van der Waals surface area contributed by atoms with E-state index >= 15 is 0 Å². The van der Waals surface area contributed by atoms with Gasteiger partial charge in [-0.15, -0.1) is 11.3 Å². The number of hydrogen-bond acceptors (Lipinski definition) is 5. The highest BCUT2D eigenvalue weighted by molar-refractivity contribution is 7.07. The maximum Gasteiger partial charge on any atom is 0.179 e. The molecule has 0 aliphatic carbocycles. The quantitative estimate of drug-likeness (QED) is 0.902. The van der Waals surface area contributed by atoms with E-state index in [0.717, 1.165) is 23.6 Å². The SMILES string of the molecule is Cc1cc(CNC(C)C)nc(-c2cscn2)n1. The number of rotatable bonds is 4. The van der Waals surface area contributed by atoms with Gasteiger partial charge in [0.05, 0.1) is 11.2 Å². The van der Waals surface area contributed by atoms with Crippen LogP contribution in [0.25, 0.3) is 11.5 Å². The van der Waals surface area contributed by atoms with Crippen LogP contribution in [0.3, 0.4) is 0 Å². The van der Waals surface area contributed by atoms with E-state index in [0.29, 0.717) is 11.9 Å². The minimum Gasteiger partial charge on any atom is -0.309 e. The first-order valence-corrected chi connectivity index (χ1v) is 6.56. The van der Waals surface area contributed by atoms with Gasteiger partial charge < -0.3 is 5.32 Å². The molecule has 0 fully saturated rings. The first kappa shape index (κ1) is 12.1. The van der Waals surface area contributed by atoms with Gasteiger partial charge in [-0.05, 0) is 13.0 Å². The van der Waals surface area contributed by atoms with Gasteiger partial charge in [0.2, 0.25) is 0 Å². The number of nitrogens with zero attached hydrogens (tertiary/aromatic N) is 3. The van der Waals surface area contributed by atoms with E-state index in [9.17, 15) is 0 Å². The Bertz CT molecular complexity index is 479. The van der Waals surface area contributed by atoms with Gasteiger partial charge in [0, 0.05) is 23.7 Å². The van der Waals surface area contributed by atoms with Crippen LogP contribution < -0.4 is 5.32 Å². The average molecular weight is 248 g/mol. The monoisotopic (exact) mass is 248 g/mol. The summed E-state index contributed by atoms with van der Waals surface area (Å²) in [5, 5.41) is 5.32. The number of thiazole rings is 1. The van der Waals surface area contributed by atoms with E-state index in [2.05, 4.69) is 34.1 Å². The maximum absolute atomic E-state index is 4.52. The second-order valence-electron chi connectivity index (χ2n) is 4.23. The second-order valence-corrected chi connectivity index (χ2v) is 4.95. The predicted octanol–water partition coefficient (Wildman–Crippen LogP) is 2.41. The Morgan fingerprint density at radius 3 is 2.82 bits per heavy atom. The van der Waals surface area contributed by atoms with E-state index in [1.807, 2.05) is 18.4 Å². The molecule has 1 N–H and O–H groups in total. The molecule has 0 aliphatic rings. The number of aryl methyl sites for hydroxylation is 1. The molecule has 90 valence electrons. The Labute approximate surface area is 105 Å². The largest absolute Gasteiger partial charge is 0.309 e. The van der Waals surface area contributed by atoms with Crippen molar-refractivity contribution < 1.29 is 0 Å². The van der Waals surface area contributed by atoms with E-state index < -0.39 is 0 Å². The van der Waals surface area contributed by atoms with Crippen molar-refractivity contribution in [2.75, 3.05) is 0 Å². The van der Waals surface area contributed by atoms with Crippen molar-refractivity contribution in [3.05, 3.63) is 28.3 Å². The molecule has 0 aliphatic heterocycles. The molecule has 0 spiro atoms. The summed E-state index contributed by atoms with van der Waals surface area (Å²) in [7, 11) is 0. The Morgan fingerprint density at radius 1 is 1.35 bits per heavy atom. The zero-order chi connectivity index (χ0) is 12.3. The molecule has 0 saturated heterocycles. The number of hydrogen-bond donors (Lipinski definition) is 1. The standard InChI is InChI=1S/C12H16N4S/c1-8(2)13-5-10-4-9(3)15-12(16-10)11-6-17-7-14-11/h4,6-8,13H,5H2,1-3H3. The Balaban J connectivity index is 2.24. The molecule has 2 aromatic heterocycles. The van der Waals surface area contributed by atoms with Crippen LogP contribution >= 0.6 is 11.3 Å². The van der Waals surface area contributed by atoms with Crippen LogP contribution in [0.4, 0.5) is 0 Å². The van der Waals surface area contributed by atoms with Crippen LogP contribution in [0.15, 0.2) is 17.0 Å². The zero-order valence-electron chi connectivity index (χ0n) is 10.3. The smallest absolute Gasteiger partial charge is 0.179 e. The molecular formula is C12H16N4S. The van der Waals surface area contributed by atoms with Crippen molar-refractivity contribution in [3.8, 4) is 11.5 Å². The van der Waals surface area contributed by atoms with Crippen LogP contribution in [0.5, 0.6) is 0 Å². The van der Waals surface area contributed by atoms with Crippen molar-refractivity contribution >= 4 is 11.3 Å². The fourth-order valence-corrected chi connectivity index (χ4v) is 2.00. The van der Waals surface area contributed by atoms with Crippen LogP contribution in [0.2, 0.25) is 0 Å². The normalized spacial score (nSPS) is 11.1. The molecular weight excluding hydrogens is 232 g/mol. The molecule has 4 nitrogen and oxygen atoms in total. The molecule has 2 rings (SSSR count). The molecule has 0 saturated carbocycles. The summed E-state index contributed by atoms with van der Waals surface area (Å²) in [6.07, 6.45) is 0. The fourth-order valence-electron chi connectivity index (χ4n) is 1.47. The van der Waals surface area contributed by atoms with Gasteiger partial charge in [-0.2, -0.15) is 0 Å². The summed E-state index contributed by atoms with van der Waals surface area (Å²) in [5.74, 6) is 0.715. The van der Waals surface area contributed by atoms with Crippen molar-refractivity contribution in [1.29, 1.82) is 0 Å². The van der Waals surface area contributed by atoms with Crippen LogP contribution in [0, 0.1) is 6.92 Å². The third kappa shape index (κ3) is 3.31. The lowest BCUT2D eigenvalue weighted by atomic mass is 10.3. The van der Waals surface area contributed by atoms with Crippen LogP contribution in [-0.4, -0.2) is 21.0 Å². The molecule has 0 amide bonds. The molecule has 0 bridgehead atoms. The minimum absolute atomic E-state index is 0.452. The summed E-state index contributed by atoms with van der Waals surface area (Å²) < 4.78 is 0. The van der Waals surface area contributed by atoms with Crippen molar-refractivity contribution in [3.63, 3.8) is 0 Å². The molecule has 2 heterocycles. The summed E-state index contributed by atoms with van der Waals surface area (Å²) >= 11 is 1.56. The van der Waals surface area contributed by atoms with Crippen molar-refractivity contribution in [1.82, 2.24) is 20.3 Å². The lowest BCUT2D eigenvalue weighted by Crippen LogP contribution is -2.22.